The maximum Gasteiger partial charge on any atom is 0.147 e. The van der Waals surface area contributed by atoms with Crippen LogP contribution in [0.1, 0.15) is 19.4 Å². The third-order valence-corrected chi connectivity index (χ3v) is 6.61. The molecule has 1 atom stereocenters. The normalized spacial score (nSPS) is 15.5. The third-order valence-electron chi connectivity index (χ3n) is 5.68. The SMILES string of the molecule is CCN1CCN(c2nc(-c3ccc(CC(C)CO)cc3)cc3ccsc23)CC1.Cl.Cl. The van der Waals surface area contributed by atoms with E-state index in [2.05, 4.69) is 65.4 Å². The maximum atomic E-state index is 9.28. The number of piperazine rings is 1. The van der Waals surface area contributed by atoms with Gasteiger partial charge >= 0.3 is 0 Å². The molecule has 2 aromatic heterocycles. The second-order valence-electron chi connectivity index (χ2n) is 7.78. The van der Waals surface area contributed by atoms with Gasteiger partial charge in [-0.2, -0.15) is 0 Å². The van der Waals surface area contributed by atoms with Crippen LogP contribution in [0, 0.1) is 5.92 Å². The number of pyridine rings is 1. The molecule has 0 amide bonds. The number of aromatic nitrogens is 1. The van der Waals surface area contributed by atoms with Crippen molar-refractivity contribution in [2.45, 2.75) is 20.3 Å². The van der Waals surface area contributed by atoms with Crippen LogP contribution in [-0.4, -0.2) is 54.3 Å². The second-order valence-corrected chi connectivity index (χ2v) is 8.70. The van der Waals surface area contributed by atoms with Crippen molar-refractivity contribution < 1.29 is 5.11 Å². The average Bonchev–Trinajstić information content (AvgIpc) is 3.22. The van der Waals surface area contributed by atoms with E-state index >= 15 is 0 Å². The van der Waals surface area contributed by atoms with Crippen molar-refractivity contribution in [3.8, 4) is 11.3 Å². The Morgan fingerprint density at radius 2 is 1.77 bits per heavy atom. The molecule has 4 nitrogen and oxygen atoms in total. The summed E-state index contributed by atoms with van der Waals surface area (Å²) in [5, 5.41) is 12.7. The molecule has 1 aliphatic rings. The van der Waals surface area contributed by atoms with Crippen LogP contribution < -0.4 is 4.90 Å². The van der Waals surface area contributed by atoms with Gasteiger partial charge in [-0.1, -0.05) is 38.1 Å². The van der Waals surface area contributed by atoms with Gasteiger partial charge in [0, 0.05) is 38.3 Å². The molecule has 7 heteroatoms. The number of hydrogen-bond donors (Lipinski definition) is 1. The Labute approximate surface area is 195 Å². The lowest BCUT2D eigenvalue weighted by Gasteiger charge is -2.35. The Morgan fingerprint density at radius 3 is 2.40 bits per heavy atom. The molecule has 1 saturated heterocycles. The number of nitrogens with zero attached hydrogens (tertiary/aromatic N) is 3. The number of benzene rings is 1. The van der Waals surface area contributed by atoms with E-state index in [9.17, 15) is 5.11 Å². The molecule has 1 unspecified atom stereocenters. The third kappa shape index (κ3) is 5.45. The molecule has 4 rings (SSSR count). The Bertz CT molecular complexity index is 924. The average molecular weight is 468 g/mol. The first-order chi connectivity index (χ1) is 13.7. The summed E-state index contributed by atoms with van der Waals surface area (Å²) in [7, 11) is 0. The molecule has 164 valence electrons. The molecule has 0 saturated carbocycles. The van der Waals surface area contributed by atoms with E-state index in [-0.39, 0.29) is 31.4 Å². The van der Waals surface area contributed by atoms with Crippen LogP contribution in [0.4, 0.5) is 5.82 Å². The molecule has 0 bridgehead atoms. The first-order valence-electron chi connectivity index (χ1n) is 10.2. The number of halogens is 2. The molecule has 1 aromatic carbocycles. The van der Waals surface area contributed by atoms with Crippen LogP contribution in [0.3, 0.4) is 0 Å². The number of aliphatic hydroxyl groups excluding tert-OH is 1. The molecule has 3 aromatic rings. The van der Waals surface area contributed by atoms with Crippen LogP contribution in [-0.2, 0) is 6.42 Å². The smallest absolute Gasteiger partial charge is 0.147 e. The van der Waals surface area contributed by atoms with E-state index in [1.165, 1.54) is 15.6 Å². The first kappa shape index (κ1) is 24.9. The highest BCUT2D eigenvalue weighted by molar-refractivity contribution is 7.17. The maximum absolute atomic E-state index is 9.28. The van der Waals surface area contributed by atoms with Crippen LogP contribution in [0.15, 0.2) is 41.8 Å². The topological polar surface area (TPSA) is 39.6 Å². The number of hydrogen-bond acceptors (Lipinski definition) is 5. The molecule has 0 radical (unpaired) electrons. The molecule has 30 heavy (non-hydrogen) atoms. The first-order valence-corrected chi connectivity index (χ1v) is 11.1. The molecular formula is C23H31Cl2N3OS. The van der Waals surface area contributed by atoms with Crippen LogP contribution in [0.2, 0.25) is 0 Å². The lowest BCUT2D eigenvalue weighted by Crippen LogP contribution is -2.46. The highest BCUT2D eigenvalue weighted by Gasteiger charge is 2.20. The van der Waals surface area contributed by atoms with Crippen molar-refractivity contribution >= 4 is 52.1 Å². The molecule has 3 heterocycles. The largest absolute Gasteiger partial charge is 0.396 e. The Morgan fingerprint density at radius 1 is 1.07 bits per heavy atom. The van der Waals surface area contributed by atoms with Crippen molar-refractivity contribution in [2.24, 2.45) is 5.92 Å². The van der Waals surface area contributed by atoms with Crippen LogP contribution in [0.5, 0.6) is 0 Å². The van der Waals surface area contributed by atoms with Gasteiger partial charge in [-0.05, 0) is 47.3 Å². The van der Waals surface area contributed by atoms with Crippen molar-refractivity contribution in [3.05, 3.63) is 47.3 Å². The Kier molecular flexibility index (Phi) is 9.38. The molecule has 1 N–H and O–H groups in total. The van der Waals surface area contributed by atoms with Gasteiger partial charge in [-0.25, -0.2) is 4.98 Å². The standard InChI is InChI=1S/C23H29N3OS.2ClH/c1-3-25-9-11-26(12-10-25)23-22-20(8-13-28-22)15-21(24-23)19-6-4-18(5-7-19)14-17(2)16-27;;/h4-8,13,15,17,27H,3,9-12,14,16H2,1-2H3;2*1H. The van der Waals surface area contributed by atoms with Crippen LogP contribution in [0.25, 0.3) is 21.3 Å². The summed E-state index contributed by atoms with van der Waals surface area (Å²) in [4.78, 5) is 10.1. The summed E-state index contributed by atoms with van der Waals surface area (Å²) in [6.07, 6.45) is 0.904. The summed E-state index contributed by atoms with van der Waals surface area (Å²) in [6, 6.07) is 13.1. The van der Waals surface area contributed by atoms with Crippen molar-refractivity contribution in [2.75, 3.05) is 44.2 Å². The van der Waals surface area contributed by atoms with Gasteiger partial charge in [0.15, 0.2) is 0 Å². The number of anilines is 1. The van der Waals surface area contributed by atoms with E-state index in [0.29, 0.717) is 5.92 Å². The van der Waals surface area contributed by atoms with E-state index in [0.717, 1.165) is 56.2 Å². The monoisotopic (exact) mass is 467 g/mol. The number of aliphatic hydroxyl groups is 1. The molecule has 1 fully saturated rings. The zero-order valence-corrected chi connectivity index (χ0v) is 20.0. The summed E-state index contributed by atoms with van der Waals surface area (Å²) in [6.45, 7) is 9.94. The van der Waals surface area contributed by atoms with E-state index in [4.69, 9.17) is 4.98 Å². The van der Waals surface area contributed by atoms with E-state index in [1.54, 1.807) is 11.3 Å². The quantitative estimate of drug-likeness (QED) is 0.545. The summed E-state index contributed by atoms with van der Waals surface area (Å²) in [5.41, 5.74) is 3.46. The summed E-state index contributed by atoms with van der Waals surface area (Å²) in [5.74, 6) is 1.43. The molecule has 0 spiro atoms. The van der Waals surface area contributed by atoms with Gasteiger partial charge in [-0.15, -0.1) is 36.2 Å². The van der Waals surface area contributed by atoms with Gasteiger partial charge in [0.05, 0.1) is 10.4 Å². The minimum Gasteiger partial charge on any atom is -0.396 e. The molecule has 0 aliphatic carbocycles. The zero-order valence-electron chi connectivity index (χ0n) is 17.6. The fourth-order valence-corrected chi connectivity index (χ4v) is 4.77. The van der Waals surface area contributed by atoms with Gasteiger partial charge < -0.3 is 14.9 Å². The highest BCUT2D eigenvalue weighted by Crippen LogP contribution is 2.34. The van der Waals surface area contributed by atoms with Gasteiger partial charge in [0.2, 0.25) is 0 Å². The van der Waals surface area contributed by atoms with Gasteiger partial charge in [0.25, 0.3) is 0 Å². The lowest BCUT2D eigenvalue weighted by atomic mass is 10.00. The van der Waals surface area contributed by atoms with E-state index < -0.39 is 0 Å². The fourth-order valence-electron chi connectivity index (χ4n) is 3.88. The van der Waals surface area contributed by atoms with Gasteiger partial charge in [0.1, 0.15) is 5.82 Å². The molecular weight excluding hydrogens is 437 g/mol. The summed E-state index contributed by atoms with van der Waals surface area (Å²) >= 11 is 1.79. The predicted octanol–water partition coefficient (Wildman–Crippen LogP) is 5.12. The minimum atomic E-state index is 0. The summed E-state index contributed by atoms with van der Waals surface area (Å²) < 4.78 is 1.29. The van der Waals surface area contributed by atoms with Crippen LogP contribution >= 0.6 is 36.2 Å². The number of likely N-dealkylation sites (N-methyl/N-ethyl adjacent to an activating group) is 1. The van der Waals surface area contributed by atoms with Gasteiger partial charge in [-0.3, -0.25) is 0 Å². The fraction of sp³-hybridized carbons (Fsp3) is 0.435. The number of rotatable bonds is 6. The molecule has 1 aliphatic heterocycles. The van der Waals surface area contributed by atoms with Crippen molar-refractivity contribution in [1.82, 2.24) is 9.88 Å². The minimum absolute atomic E-state index is 0. The second kappa shape index (κ2) is 11.3. The zero-order chi connectivity index (χ0) is 19.5. The Hall–Kier alpha value is -1.37. The van der Waals surface area contributed by atoms with E-state index in [1.807, 2.05) is 0 Å². The number of thiophene rings is 1. The highest BCUT2D eigenvalue weighted by atomic mass is 35.5. The number of fused-ring (bicyclic) bond motifs is 1. The van der Waals surface area contributed by atoms with Crippen molar-refractivity contribution in [1.29, 1.82) is 0 Å². The lowest BCUT2D eigenvalue weighted by molar-refractivity contribution is 0.237. The van der Waals surface area contributed by atoms with Crippen molar-refractivity contribution in [3.63, 3.8) is 0 Å². The predicted molar refractivity (Wildman–Crippen MR) is 134 cm³/mol. The Balaban J connectivity index is 0.00000160.